The fourth-order valence-corrected chi connectivity index (χ4v) is 6.84. The van der Waals surface area contributed by atoms with E-state index in [1.807, 2.05) is 19.2 Å². The molecule has 0 saturated heterocycles. The van der Waals surface area contributed by atoms with Crippen molar-refractivity contribution < 1.29 is 38.1 Å². The van der Waals surface area contributed by atoms with Crippen molar-refractivity contribution in [3.05, 3.63) is 23.8 Å². The molecule has 9 nitrogen and oxygen atoms in total. The molecular weight excluding hydrogens is 578 g/mol. The molecule has 1 rings (SSSR count). The van der Waals surface area contributed by atoms with E-state index in [2.05, 4.69) is 52.1 Å². The van der Waals surface area contributed by atoms with Crippen molar-refractivity contribution in [2.75, 3.05) is 27.4 Å². The lowest BCUT2D eigenvalue weighted by atomic mass is 9.68. The van der Waals surface area contributed by atoms with Crippen molar-refractivity contribution in [1.29, 1.82) is 0 Å². The molecule has 0 bridgehead atoms. The first kappa shape index (κ1) is 39.7. The number of hydrogen-bond donors (Lipinski definition) is 2. The first-order valence-electron chi connectivity index (χ1n) is 15.9. The van der Waals surface area contributed by atoms with Gasteiger partial charge >= 0.3 is 12.1 Å². The number of aliphatic carboxylic acids is 1. The van der Waals surface area contributed by atoms with Gasteiger partial charge in [-0.15, -0.1) is 0 Å². The molecular formula is C34H61NO8Si. The molecule has 44 heavy (non-hydrogen) atoms. The van der Waals surface area contributed by atoms with E-state index in [1.54, 1.807) is 41.9 Å². The predicted molar refractivity (Wildman–Crippen MR) is 178 cm³/mol. The maximum Gasteiger partial charge on any atom is 0.407 e. The highest BCUT2D eigenvalue weighted by Gasteiger charge is 2.51. The number of alkyl carbamates (subject to hydrolysis) is 1. The SMILES string of the molecule is COCCCOc1cc(C[C@H](CC[C@H]([C@H](NC(=O)OC(C)(C)C)[C@@](C)(O[SiH](C)C)C(=O)O)C(C)(C)C)C(C)C)ccc1OC. The Hall–Kier alpha value is -2.30. The Kier molecular flexibility index (Phi) is 15.7. The second kappa shape index (κ2) is 17.4. The molecule has 0 saturated carbocycles. The number of rotatable bonds is 18. The van der Waals surface area contributed by atoms with Crippen molar-refractivity contribution in [1.82, 2.24) is 5.32 Å². The number of hydrogen-bond acceptors (Lipinski definition) is 7. The van der Waals surface area contributed by atoms with Gasteiger partial charge in [-0.1, -0.05) is 40.7 Å². The summed E-state index contributed by atoms with van der Waals surface area (Å²) < 4.78 is 28.5. The van der Waals surface area contributed by atoms with Crippen LogP contribution >= 0.6 is 0 Å². The van der Waals surface area contributed by atoms with E-state index in [0.717, 1.165) is 24.8 Å². The molecule has 1 amide bonds. The molecule has 0 aliphatic heterocycles. The summed E-state index contributed by atoms with van der Waals surface area (Å²) in [6, 6.07) is 5.26. The summed E-state index contributed by atoms with van der Waals surface area (Å²) in [5, 5.41) is 13.5. The molecule has 2 N–H and O–H groups in total. The minimum absolute atomic E-state index is 0.222. The zero-order chi connectivity index (χ0) is 33.9. The zero-order valence-electron chi connectivity index (χ0n) is 29.7. The number of benzene rings is 1. The van der Waals surface area contributed by atoms with Crippen molar-refractivity contribution in [2.45, 2.75) is 118 Å². The molecule has 1 aromatic rings. The Bertz CT molecular complexity index is 1030. The number of methoxy groups -OCH3 is 2. The Morgan fingerprint density at radius 3 is 2.07 bits per heavy atom. The van der Waals surface area contributed by atoms with E-state index in [0.29, 0.717) is 43.0 Å². The average molecular weight is 640 g/mol. The van der Waals surface area contributed by atoms with Crippen LogP contribution in [0.4, 0.5) is 4.79 Å². The van der Waals surface area contributed by atoms with Crippen LogP contribution in [0.5, 0.6) is 11.5 Å². The van der Waals surface area contributed by atoms with Gasteiger partial charge in [0.15, 0.2) is 26.1 Å². The Labute approximate surface area is 268 Å². The van der Waals surface area contributed by atoms with Gasteiger partial charge in [-0.25, -0.2) is 9.59 Å². The topological polar surface area (TPSA) is 113 Å². The third-order valence-electron chi connectivity index (χ3n) is 7.95. The van der Waals surface area contributed by atoms with Crippen molar-refractivity contribution in [2.24, 2.45) is 23.2 Å². The fourth-order valence-electron chi connectivity index (χ4n) is 5.62. The van der Waals surface area contributed by atoms with Gasteiger partial charge in [0.05, 0.1) is 19.8 Å². The first-order valence-corrected chi connectivity index (χ1v) is 18.7. The highest BCUT2D eigenvalue weighted by atomic mass is 28.3. The minimum Gasteiger partial charge on any atom is -0.493 e. The van der Waals surface area contributed by atoms with Crippen LogP contribution < -0.4 is 14.8 Å². The second-order valence-corrected chi connectivity index (χ2v) is 17.0. The molecule has 0 heterocycles. The third kappa shape index (κ3) is 13.0. The normalized spacial score (nSPS) is 15.8. The Morgan fingerprint density at radius 2 is 1.59 bits per heavy atom. The van der Waals surface area contributed by atoms with Crippen molar-refractivity contribution in [3.8, 4) is 11.5 Å². The average Bonchev–Trinajstić information content (AvgIpc) is 2.87. The van der Waals surface area contributed by atoms with E-state index in [4.69, 9.17) is 23.4 Å². The minimum atomic E-state index is -1.82. The smallest absolute Gasteiger partial charge is 0.407 e. The van der Waals surface area contributed by atoms with Crippen LogP contribution in [0.15, 0.2) is 18.2 Å². The lowest BCUT2D eigenvalue weighted by Gasteiger charge is -2.46. The lowest BCUT2D eigenvalue weighted by Crippen LogP contribution is -2.63. The van der Waals surface area contributed by atoms with Crippen LogP contribution in [0.1, 0.15) is 87.1 Å². The predicted octanol–water partition coefficient (Wildman–Crippen LogP) is 7.10. The summed E-state index contributed by atoms with van der Waals surface area (Å²) in [4.78, 5) is 26.0. The molecule has 254 valence electrons. The summed E-state index contributed by atoms with van der Waals surface area (Å²) in [6.07, 6.45) is 2.48. The Balaban J connectivity index is 3.40. The molecule has 0 fully saturated rings. The number of nitrogens with one attached hydrogen (secondary N) is 1. The van der Waals surface area contributed by atoms with Gasteiger partial charge in [-0.3, -0.25) is 0 Å². The molecule has 10 heteroatoms. The molecule has 0 unspecified atom stereocenters. The van der Waals surface area contributed by atoms with Crippen LogP contribution in [-0.4, -0.2) is 70.9 Å². The van der Waals surface area contributed by atoms with E-state index in [-0.39, 0.29) is 11.3 Å². The van der Waals surface area contributed by atoms with Crippen molar-refractivity contribution in [3.63, 3.8) is 0 Å². The summed E-state index contributed by atoms with van der Waals surface area (Å²) in [5.41, 5.74) is -1.55. The highest BCUT2D eigenvalue weighted by molar-refractivity contribution is 6.48. The van der Waals surface area contributed by atoms with E-state index < -0.39 is 38.3 Å². The standard InChI is InChI=1S/C34H61NO8Si/c1-23(2)25(21-24-15-18-27(40-11)28(22-24)41-20-14-19-39-10)16-17-26(32(3,4)5)29(35-31(38)42-33(6,7)8)34(9,30(36)37)43-44(12)13/h15,18,22-23,25-26,29,44H,14,16-17,19-21H2,1-13H3,(H,35,38)(H,36,37)/t25-,26+,29-,34+/m0/s1. The third-order valence-corrected chi connectivity index (χ3v) is 8.91. The van der Waals surface area contributed by atoms with Crippen LogP contribution in [0, 0.1) is 23.2 Å². The monoisotopic (exact) mass is 639 g/mol. The molecule has 1 aromatic carbocycles. The van der Waals surface area contributed by atoms with Gasteiger partial charge in [-0.2, -0.15) is 0 Å². The number of carbonyl (C=O) groups is 2. The Morgan fingerprint density at radius 1 is 0.955 bits per heavy atom. The van der Waals surface area contributed by atoms with E-state index >= 15 is 0 Å². The lowest BCUT2D eigenvalue weighted by molar-refractivity contribution is -0.159. The molecule has 0 aromatic heterocycles. The van der Waals surface area contributed by atoms with Crippen LogP contribution in [0.25, 0.3) is 0 Å². The fraction of sp³-hybridized carbons (Fsp3) is 0.765. The highest BCUT2D eigenvalue weighted by Crippen LogP contribution is 2.40. The maximum atomic E-state index is 13.1. The van der Waals surface area contributed by atoms with Crippen LogP contribution in [0.2, 0.25) is 13.1 Å². The summed E-state index contributed by atoms with van der Waals surface area (Å²) >= 11 is 0. The maximum absolute atomic E-state index is 13.1. The molecule has 4 atom stereocenters. The number of carbonyl (C=O) groups excluding carboxylic acids is 1. The summed E-state index contributed by atoms with van der Waals surface area (Å²) in [5.74, 6) is 0.758. The van der Waals surface area contributed by atoms with E-state index in [9.17, 15) is 14.7 Å². The van der Waals surface area contributed by atoms with Crippen LogP contribution in [-0.2, 0) is 25.1 Å². The molecule has 0 radical (unpaired) electrons. The molecule has 0 spiro atoms. The zero-order valence-corrected chi connectivity index (χ0v) is 30.8. The van der Waals surface area contributed by atoms with Gasteiger partial charge < -0.3 is 33.8 Å². The quantitative estimate of drug-likeness (QED) is 0.129. The number of ether oxygens (including phenoxy) is 4. The van der Waals surface area contributed by atoms with Crippen LogP contribution in [0.3, 0.4) is 0 Å². The van der Waals surface area contributed by atoms with Crippen molar-refractivity contribution >= 4 is 21.1 Å². The number of carboxylic acid groups (broad SMARTS) is 1. The second-order valence-electron chi connectivity index (χ2n) is 14.6. The van der Waals surface area contributed by atoms with Gasteiger partial charge in [0, 0.05) is 20.1 Å². The number of amides is 1. The molecule has 0 aliphatic carbocycles. The van der Waals surface area contributed by atoms with Gasteiger partial charge in [0.1, 0.15) is 5.60 Å². The first-order chi connectivity index (χ1) is 20.2. The van der Waals surface area contributed by atoms with Gasteiger partial charge in [0.2, 0.25) is 0 Å². The van der Waals surface area contributed by atoms with Gasteiger partial charge in [0.25, 0.3) is 0 Å². The summed E-state index contributed by atoms with van der Waals surface area (Å²) in [7, 11) is 1.49. The van der Waals surface area contributed by atoms with E-state index in [1.165, 1.54) is 0 Å². The number of carboxylic acids is 1. The largest absolute Gasteiger partial charge is 0.493 e. The molecule has 0 aliphatic rings. The summed E-state index contributed by atoms with van der Waals surface area (Å²) in [6.45, 7) is 22.7. The van der Waals surface area contributed by atoms with Gasteiger partial charge in [-0.05, 0) is 101 Å².